The second-order valence-electron chi connectivity index (χ2n) is 3.26. The van der Waals surface area contributed by atoms with Crippen LogP contribution in [-0.2, 0) is 0 Å². The molecule has 0 aliphatic heterocycles. The van der Waals surface area contributed by atoms with Crippen molar-refractivity contribution in [1.82, 2.24) is 4.98 Å². The molecule has 2 rings (SSSR count). The summed E-state index contributed by atoms with van der Waals surface area (Å²) in [5.41, 5.74) is 3.51. The van der Waals surface area contributed by atoms with Crippen LogP contribution in [0.4, 0.5) is 0 Å². The molecule has 0 N–H and O–H groups in total. The highest BCUT2D eigenvalue weighted by molar-refractivity contribution is 5.38. The Balaban J connectivity index is 2.24. The second kappa shape index (κ2) is 4.05. The van der Waals surface area contributed by atoms with Crippen LogP contribution in [-0.4, -0.2) is 4.98 Å². The van der Waals surface area contributed by atoms with Gasteiger partial charge in [0, 0.05) is 18.3 Å². The van der Waals surface area contributed by atoms with Gasteiger partial charge in [0.25, 0.3) is 0 Å². The van der Waals surface area contributed by atoms with Crippen molar-refractivity contribution in [3.8, 4) is 0 Å². The highest BCUT2D eigenvalue weighted by atomic mass is 14.7. The molecule has 0 atom stereocenters. The van der Waals surface area contributed by atoms with Crippen LogP contribution in [0.15, 0.2) is 48.7 Å². The van der Waals surface area contributed by atoms with E-state index in [-0.39, 0.29) is 0 Å². The number of pyridine rings is 1. The molecule has 2 aromatic rings. The van der Waals surface area contributed by atoms with Gasteiger partial charge in [-0.1, -0.05) is 30.3 Å². The Labute approximate surface area is 84.4 Å². The predicted molar refractivity (Wildman–Crippen MR) is 57.9 cm³/mol. The molecule has 0 aliphatic carbocycles. The molecule has 0 saturated heterocycles. The Kier molecular flexibility index (Phi) is 2.59. The molecule has 0 amide bonds. The first-order chi connectivity index (χ1) is 6.86. The lowest BCUT2D eigenvalue weighted by Crippen LogP contribution is -1.90. The van der Waals surface area contributed by atoms with E-state index in [1.54, 1.807) is 0 Å². The van der Waals surface area contributed by atoms with Crippen molar-refractivity contribution >= 4 is 0 Å². The number of aryl methyl sites for hydroxylation is 1. The molecule has 1 heterocycles. The molecule has 69 valence electrons. The first-order valence-electron chi connectivity index (χ1n) is 4.68. The van der Waals surface area contributed by atoms with E-state index >= 15 is 0 Å². The van der Waals surface area contributed by atoms with Gasteiger partial charge in [0.15, 0.2) is 0 Å². The Hall–Kier alpha value is -1.63. The van der Waals surface area contributed by atoms with Crippen LogP contribution in [0.1, 0.15) is 16.8 Å². The monoisotopic (exact) mass is 182 g/mol. The van der Waals surface area contributed by atoms with E-state index in [1.165, 1.54) is 11.1 Å². The van der Waals surface area contributed by atoms with Crippen molar-refractivity contribution < 1.29 is 0 Å². The molecule has 14 heavy (non-hydrogen) atoms. The van der Waals surface area contributed by atoms with E-state index in [0.29, 0.717) is 0 Å². The molecule has 0 unspecified atom stereocenters. The van der Waals surface area contributed by atoms with Crippen molar-refractivity contribution in [3.05, 3.63) is 71.9 Å². The predicted octanol–water partition coefficient (Wildman–Crippen LogP) is 2.99. The zero-order valence-corrected chi connectivity index (χ0v) is 8.14. The van der Waals surface area contributed by atoms with Crippen LogP contribution in [0.2, 0.25) is 0 Å². The van der Waals surface area contributed by atoms with Crippen LogP contribution in [0.25, 0.3) is 0 Å². The van der Waals surface area contributed by atoms with Gasteiger partial charge in [-0.15, -0.1) is 0 Å². The Bertz CT molecular complexity index is 407. The van der Waals surface area contributed by atoms with Gasteiger partial charge in [-0.25, -0.2) is 0 Å². The van der Waals surface area contributed by atoms with Gasteiger partial charge in [-0.05, 0) is 30.2 Å². The maximum absolute atomic E-state index is 4.26. The minimum Gasteiger partial charge on any atom is -0.261 e. The van der Waals surface area contributed by atoms with Crippen LogP contribution in [0.3, 0.4) is 0 Å². The zero-order chi connectivity index (χ0) is 9.80. The number of rotatable bonds is 2. The van der Waals surface area contributed by atoms with E-state index < -0.39 is 0 Å². The second-order valence-corrected chi connectivity index (χ2v) is 3.26. The smallest absolute Gasteiger partial charge is 0.0488 e. The summed E-state index contributed by atoms with van der Waals surface area (Å²) in [7, 11) is 0. The van der Waals surface area contributed by atoms with Gasteiger partial charge in [-0.3, -0.25) is 4.98 Å². The van der Waals surface area contributed by atoms with Gasteiger partial charge in [-0.2, -0.15) is 0 Å². The Morgan fingerprint density at radius 3 is 2.50 bits per heavy atom. The summed E-state index contributed by atoms with van der Waals surface area (Å²) < 4.78 is 0. The van der Waals surface area contributed by atoms with E-state index in [9.17, 15) is 0 Å². The van der Waals surface area contributed by atoms with Gasteiger partial charge in [0.2, 0.25) is 0 Å². The average molecular weight is 182 g/mol. The van der Waals surface area contributed by atoms with Gasteiger partial charge in [0.05, 0.1) is 0 Å². The van der Waals surface area contributed by atoms with Gasteiger partial charge < -0.3 is 0 Å². The van der Waals surface area contributed by atoms with Gasteiger partial charge in [0.1, 0.15) is 0 Å². The lowest BCUT2D eigenvalue weighted by atomic mass is 10.0. The quantitative estimate of drug-likeness (QED) is 0.695. The minimum absolute atomic E-state index is 1.00. The van der Waals surface area contributed by atoms with E-state index in [0.717, 1.165) is 5.69 Å². The minimum atomic E-state index is 1.00. The molecule has 1 aromatic carbocycles. The summed E-state index contributed by atoms with van der Waals surface area (Å²) in [4.78, 5) is 4.26. The highest BCUT2D eigenvalue weighted by Crippen LogP contribution is 2.13. The molecule has 0 spiro atoms. The fraction of sp³-hybridized carbons (Fsp3) is 0.0769. The number of nitrogens with zero attached hydrogens (tertiary/aromatic N) is 1. The first kappa shape index (κ1) is 8.95. The molecular weight excluding hydrogens is 170 g/mol. The number of benzene rings is 1. The third-order valence-electron chi connectivity index (χ3n) is 2.18. The SMILES string of the molecule is Cc1ccccc1[CH]c1ccccn1. The molecule has 0 saturated carbocycles. The third-order valence-corrected chi connectivity index (χ3v) is 2.18. The van der Waals surface area contributed by atoms with E-state index in [1.807, 2.05) is 36.5 Å². The van der Waals surface area contributed by atoms with Crippen molar-refractivity contribution in [1.29, 1.82) is 0 Å². The molecule has 1 heteroatoms. The third kappa shape index (κ3) is 1.99. The number of hydrogen-bond acceptors (Lipinski definition) is 1. The van der Waals surface area contributed by atoms with Gasteiger partial charge >= 0.3 is 0 Å². The topological polar surface area (TPSA) is 12.9 Å². The maximum atomic E-state index is 4.26. The molecule has 0 fully saturated rings. The molecule has 0 aliphatic rings. The van der Waals surface area contributed by atoms with Crippen molar-refractivity contribution in [2.24, 2.45) is 0 Å². The van der Waals surface area contributed by atoms with Crippen LogP contribution in [0.5, 0.6) is 0 Å². The Morgan fingerprint density at radius 2 is 1.79 bits per heavy atom. The summed E-state index contributed by atoms with van der Waals surface area (Å²) in [6, 6.07) is 14.2. The summed E-state index contributed by atoms with van der Waals surface area (Å²) in [5, 5.41) is 0. The lowest BCUT2D eigenvalue weighted by molar-refractivity contribution is 1.20. The van der Waals surface area contributed by atoms with Crippen molar-refractivity contribution in [2.75, 3.05) is 0 Å². The molecule has 1 aromatic heterocycles. The normalized spacial score (nSPS) is 10.1. The largest absolute Gasteiger partial charge is 0.261 e. The fourth-order valence-electron chi connectivity index (χ4n) is 1.37. The average Bonchev–Trinajstić information content (AvgIpc) is 2.23. The number of aromatic nitrogens is 1. The molecule has 1 radical (unpaired) electrons. The fourth-order valence-corrected chi connectivity index (χ4v) is 1.37. The maximum Gasteiger partial charge on any atom is 0.0488 e. The molecule has 1 nitrogen and oxygen atoms in total. The Morgan fingerprint density at radius 1 is 1.00 bits per heavy atom. The van der Waals surface area contributed by atoms with Crippen LogP contribution < -0.4 is 0 Å². The zero-order valence-electron chi connectivity index (χ0n) is 8.14. The van der Waals surface area contributed by atoms with E-state index in [2.05, 4.69) is 30.5 Å². The summed E-state index contributed by atoms with van der Waals surface area (Å²) in [6.45, 7) is 2.11. The summed E-state index contributed by atoms with van der Waals surface area (Å²) >= 11 is 0. The molecular formula is C13H12N. The molecule has 0 bridgehead atoms. The summed E-state index contributed by atoms with van der Waals surface area (Å²) in [5.74, 6) is 0. The number of hydrogen-bond donors (Lipinski definition) is 0. The van der Waals surface area contributed by atoms with E-state index in [4.69, 9.17) is 0 Å². The standard InChI is InChI=1S/C13H12N/c1-11-6-2-3-7-12(11)10-13-8-4-5-9-14-13/h2-10H,1H3. The van der Waals surface area contributed by atoms with Crippen LogP contribution in [0, 0.1) is 13.3 Å². The highest BCUT2D eigenvalue weighted by Gasteiger charge is 1.99. The van der Waals surface area contributed by atoms with Crippen molar-refractivity contribution in [2.45, 2.75) is 6.92 Å². The lowest BCUT2D eigenvalue weighted by Gasteiger charge is -2.03. The van der Waals surface area contributed by atoms with Crippen LogP contribution >= 0.6 is 0 Å². The van der Waals surface area contributed by atoms with Crippen molar-refractivity contribution in [3.63, 3.8) is 0 Å². The first-order valence-corrected chi connectivity index (χ1v) is 4.68. The summed E-state index contributed by atoms with van der Waals surface area (Å²) in [6.07, 6.45) is 3.90.